The molecule has 2 saturated heterocycles. The molecule has 1 aromatic heterocycles. The highest BCUT2D eigenvalue weighted by molar-refractivity contribution is 5.31. The lowest BCUT2D eigenvalue weighted by molar-refractivity contribution is -0.0367. The van der Waals surface area contributed by atoms with Crippen LogP contribution in [0.4, 0.5) is 5.82 Å². The zero-order valence-electron chi connectivity index (χ0n) is 13.5. The van der Waals surface area contributed by atoms with E-state index in [-0.39, 0.29) is 6.10 Å². The second-order valence-electron chi connectivity index (χ2n) is 5.99. The molecule has 128 valence electrons. The van der Waals surface area contributed by atoms with Crippen LogP contribution >= 0.6 is 0 Å². The van der Waals surface area contributed by atoms with E-state index in [1.807, 2.05) is 12.1 Å². The van der Waals surface area contributed by atoms with Gasteiger partial charge in [-0.3, -0.25) is 4.90 Å². The highest BCUT2D eigenvalue weighted by atomic mass is 16.5. The summed E-state index contributed by atoms with van der Waals surface area (Å²) in [7, 11) is 0. The Bertz CT molecular complexity index is 442. The molecule has 1 aromatic rings. The smallest absolute Gasteiger partial charge is 0.148 e. The molecule has 23 heavy (non-hydrogen) atoms. The molecule has 3 rings (SSSR count). The van der Waals surface area contributed by atoms with Crippen LogP contribution in [0.1, 0.15) is 12.8 Å². The molecule has 0 aromatic carbocycles. The van der Waals surface area contributed by atoms with Crippen LogP contribution < -0.4 is 5.32 Å². The van der Waals surface area contributed by atoms with Crippen LogP contribution in [-0.4, -0.2) is 79.9 Å². The molecule has 0 spiro atoms. The molecule has 0 bridgehead atoms. The first-order valence-electron chi connectivity index (χ1n) is 8.45. The largest absolute Gasteiger partial charge is 0.377 e. The molecule has 0 radical (unpaired) electrons. The van der Waals surface area contributed by atoms with Crippen molar-refractivity contribution in [2.24, 2.45) is 0 Å². The molecule has 2 aliphatic heterocycles. The molecule has 0 amide bonds. The number of aromatic nitrogens is 2. The Labute approximate surface area is 137 Å². The third-order valence-electron chi connectivity index (χ3n) is 4.19. The molecule has 7 heteroatoms. The van der Waals surface area contributed by atoms with Crippen LogP contribution in [0.25, 0.3) is 0 Å². The van der Waals surface area contributed by atoms with Crippen LogP contribution in [0.5, 0.6) is 0 Å². The maximum atomic E-state index is 5.80. The third kappa shape index (κ3) is 5.69. The van der Waals surface area contributed by atoms with Crippen LogP contribution in [0.15, 0.2) is 18.3 Å². The van der Waals surface area contributed by atoms with Gasteiger partial charge in [0.2, 0.25) is 0 Å². The lowest BCUT2D eigenvalue weighted by atomic mass is 10.2. The van der Waals surface area contributed by atoms with E-state index < -0.39 is 0 Å². The standard InChI is InChI=1S/C16H26N4O3/c1-4-16(19-18-5-1)17-11-15-12-20(7-10-23-15)6-9-21-13-14-3-2-8-22-14/h1,4-5,14-15H,2-3,6-13H2,(H,17,19)/t14-,15-/m0/s1. The van der Waals surface area contributed by atoms with Gasteiger partial charge in [0.15, 0.2) is 0 Å². The van der Waals surface area contributed by atoms with Gasteiger partial charge >= 0.3 is 0 Å². The SMILES string of the molecule is c1cnnc(NC[C@H]2CN(CCOC[C@@H]3CCCO3)CCO2)c1. The molecule has 0 unspecified atom stereocenters. The minimum Gasteiger partial charge on any atom is -0.377 e. The molecule has 0 aliphatic carbocycles. The molecule has 2 fully saturated rings. The summed E-state index contributed by atoms with van der Waals surface area (Å²) in [5, 5.41) is 11.1. The zero-order chi connectivity index (χ0) is 15.7. The van der Waals surface area contributed by atoms with Gasteiger partial charge in [-0.15, -0.1) is 5.10 Å². The van der Waals surface area contributed by atoms with Crippen molar-refractivity contribution in [1.29, 1.82) is 0 Å². The van der Waals surface area contributed by atoms with Crippen molar-refractivity contribution in [3.05, 3.63) is 18.3 Å². The van der Waals surface area contributed by atoms with Crippen molar-refractivity contribution in [1.82, 2.24) is 15.1 Å². The van der Waals surface area contributed by atoms with Crippen LogP contribution in [0.3, 0.4) is 0 Å². The summed E-state index contributed by atoms with van der Waals surface area (Å²) in [5.41, 5.74) is 0. The van der Waals surface area contributed by atoms with E-state index in [0.717, 1.165) is 71.3 Å². The van der Waals surface area contributed by atoms with Crippen molar-refractivity contribution in [3.8, 4) is 0 Å². The fourth-order valence-corrected chi connectivity index (χ4v) is 2.91. The van der Waals surface area contributed by atoms with E-state index in [0.29, 0.717) is 6.10 Å². The lowest BCUT2D eigenvalue weighted by Crippen LogP contribution is -2.46. The van der Waals surface area contributed by atoms with Crippen LogP contribution in [0.2, 0.25) is 0 Å². The minimum absolute atomic E-state index is 0.170. The second kappa shape index (κ2) is 9.12. The predicted molar refractivity (Wildman–Crippen MR) is 86.5 cm³/mol. The third-order valence-corrected chi connectivity index (χ3v) is 4.19. The van der Waals surface area contributed by atoms with Crippen molar-refractivity contribution < 1.29 is 14.2 Å². The summed E-state index contributed by atoms with van der Waals surface area (Å²) >= 11 is 0. The first-order chi connectivity index (χ1) is 11.4. The molecule has 2 aliphatic rings. The van der Waals surface area contributed by atoms with Gasteiger partial charge in [0.25, 0.3) is 0 Å². The minimum atomic E-state index is 0.170. The Morgan fingerprint density at radius 3 is 3.09 bits per heavy atom. The monoisotopic (exact) mass is 322 g/mol. The Hall–Kier alpha value is -1.28. The summed E-state index contributed by atoms with van der Waals surface area (Å²) in [4.78, 5) is 2.39. The maximum absolute atomic E-state index is 5.80. The number of morpholine rings is 1. The highest BCUT2D eigenvalue weighted by Crippen LogP contribution is 2.12. The molecular weight excluding hydrogens is 296 g/mol. The van der Waals surface area contributed by atoms with E-state index in [1.54, 1.807) is 6.20 Å². The van der Waals surface area contributed by atoms with Crippen molar-refractivity contribution in [2.75, 3.05) is 57.9 Å². The average Bonchev–Trinajstić information content (AvgIpc) is 3.12. The fourth-order valence-electron chi connectivity index (χ4n) is 2.91. The van der Waals surface area contributed by atoms with Gasteiger partial charge in [0.05, 0.1) is 32.0 Å². The van der Waals surface area contributed by atoms with Gasteiger partial charge in [-0.2, -0.15) is 5.10 Å². The topological polar surface area (TPSA) is 68.7 Å². The first kappa shape index (κ1) is 16.6. The van der Waals surface area contributed by atoms with Gasteiger partial charge in [0.1, 0.15) is 5.82 Å². The van der Waals surface area contributed by atoms with E-state index in [4.69, 9.17) is 14.2 Å². The molecule has 7 nitrogen and oxygen atoms in total. The number of rotatable bonds is 8. The van der Waals surface area contributed by atoms with Crippen molar-refractivity contribution in [3.63, 3.8) is 0 Å². The number of ether oxygens (including phenoxy) is 3. The Morgan fingerprint density at radius 1 is 1.30 bits per heavy atom. The second-order valence-corrected chi connectivity index (χ2v) is 5.99. The lowest BCUT2D eigenvalue weighted by Gasteiger charge is -2.33. The van der Waals surface area contributed by atoms with E-state index >= 15 is 0 Å². The highest BCUT2D eigenvalue weighted by Gasteiger charge is 2.20. The summed E-state index contributed by atoms with van der Waals surface area (Å²) in [6.45, 7) is 6.69. The van der Waals surface area contributed by atoms with Gasteiger partial charge in [0, 0.05) is 39.0 Å². The quantitative estimate of drug-likeness (QED) is 0.710. The number of hydrogen-bond donors (Lipinski definition) is 1. The maximum Gasteiger partial charge on any atom is 0.148 e. The van der Waals surface area contributed by atoms with Gasteiger partial charge in [-0.1, -0.05) is 0 Å². The molecule has 3 heterocycles. The average molecular weight is 322 g/mol. The van der Waals surface area contributed by atoms with E-state index in [9.17, 15) is 0 Å². The summed E-state index contributed by atoms with van der Waals surface area (Å²) in [6.07, 6.45) is 4.44. The number of hydrogen-bond acceptors (Lipinski definition) is 7. The Kier molecular flexibility index (Phi) is 6.57. The van der Waals surface area contributed by atoms with Crippen LogP contribution in [0, 0.1) is 0 Å². The van der Waals surface area contributed by atoms with Gasteiger partial charge in [-0.05, 0) is 25.0 Å². The summed E-state index contributed by atoms with van der Waals surface area (Å²) in [6, 6.07) is 3.78. The fraction of sp³-hybridized carbons (Fsp3) is 0.750. The zero-order valence-corrected chi connectivity index (χ0v) is 13.5. The molecule has 0 saturated carbocycles. The Balaban J connectivity index is 1.30. The number of nitrogens with one attached hydrogen (secondary N) is 1. The normalized spacial score (nSPS) is 25.6. The van der Waals surface area contributed by atoms with Crippen molar-refractivity contribution in [2.45, 2.75) is 25.0 Å². The summed E-state index contributed by atoms with van der Waals surface area (Å²) in [5.74, 6) is 0.785. The Morgan fingerprint density at radius 2 is 2.26 bits per heavy atom. The molecule has 2 atom stereocenters. The van der Waals surface area contributed by atoms with E-state index in [2.05, 4.69) is 20.4 Å². The van der Waals surface area contributed by atoms with Gasteiger partial charge < -0.3 is 19.5 Å². The van der Waals surface area contributed by atoms with Crippen LogP contribution in [-0.2, 0) is 14.2 Å². The molecular formula is C16H26N4O3. The summed E-state index contributed by atoms with van der Waals surface area (Å²) < 4.78 is 17.1. The molecule has 1 N–H and O–H groups in total. The number of anilines is 1. The predicted octanol–water partition coefficient (Wildman–Crippen LogP) is 0.785. The first-order valence-corrected chi connectivity index (χ1v) is 8.45. The van der Waals surface area contributed by atoms with Crippen molar-refractivity contribution >= 4 is 5.82 Å². The van der Waals surface area contributed by atoms with Gasteiger partial charge in [-0.25, -0.2) is 0 Å². The number of nitrogens with zero attached hydrogens (tertiary/aromatic N) is 3. The van der Waals surface area contributed by atoms with E-state index in [1.165, 1.54) is 0 Å².